The molecule has 0 amide bonds. The van der Waals surface area contributed by atoms with Gasteiger partial charge in [0.25, 0.3) is 0 Å². The molecule has 0 aliphatic carbocycles. The lowest BCUT2D eigenvalue weighted by Crippen LogP contribution is -2.25. The summed E-state index contributed by atoms with van der Waals surface area (Å²) in [7, 11) is 0. The number of nitrogens with one attached hydrogen (secondary N) is 1. The van der Waals surface area contributed by atoms with Crippen molar-refractivity contribution in [2.24, 2.45) is 5.92 Å². The highest BCUT2D eigenvalue weighted by Crippen LogP contribution is 2.14. The van der Waals surface area contributed by atoms with E-state index < -0.39 is 0 Å². The number of carbonyl (C=O) groups is 1. The number of anilines is 1. The monoisotopic (exact) mass is 262 g/mol. The second-order valence-electron chi connectivity index (χ2n) is 5.07. The molecular weight excluding hydrogens is 236 g/mol. The molecule has 1 unspecified atom stereocenters. The van der Waals surface area contributed by atoms with Crippen LogP contribution >= 0.6 is 0 Å². The first-order chi connectivity index (χ1) is 9.17. The van der Waals surface area contributed by atoms with E-state index in [1.54, 1.807) is 24.3 Å². The molecule has 0 aromatic heterocycles. The van der Waals surface area contributed by atoms with Crippen molar-refractivity contribution in [1.82, 2.24) is 5.32 Å². The van der Waals surface area contributed by atoms with E-state index in [2.05, 4.69) is 19.2 Å². The summed E-state index contributed by atoms with van der Waals surface area (Å²) in [6, 6.07) is 7.10. The SMILES string of the molecule is CCCC(CC)CCNCC(=O)c1ccc(N)cc1. The molecule has 3 N–H and O–H groups in total. The fraction of sp³-hybridized carbons (Fsp3) is 0.562. The number of Topliss-reactive ketones (excluding diaryl/α,β-unsaturated/α-hetero) is 1. The second kappa shape index (κ2) is 8.70. The Hall–Kier alpha value is -1.35. The van der Waals surface area contributed by atoms with Gasteiger partial charge in [0, 0.05) is 11.3 Å². The van der Waals surface area contributed by atoms with Crippen LogP contribution in [0.15, 0.2) is 24.3 Å². The molecule has 3 nitrogen and oxygen atoms in total. The molecule has 0 aliphatic rings. The van der Waals surface area contributed by atoms with Crippen LogP contribution in [0.25, 0.3) is 0 Å². The van der Waals surface area contributed by atoms with E-state index in [1.807, 2.05) is 0 Å². The number of nitrogens with two attached hydrogens (primary N) is 1. The maximum Gasteiger partial charge on any atom is 0.176 e. The first-order valence-electron chi connectivity index (χ1n) is 7.26. The topological polar surface area (TPSA) is 55.1 Å². The van der Waals surface area contributed by atoms with Crippen LogP contribution in [0.5, 0.6) is 0 Å². The highest BCUT2D eigenvalue weighted by molar-refractivity contribution is 5.97. The molecule has 1 aromatic carbocycles. The molecule has 0 spiro atoms. The average molecular weight is 262 g/mol. The van der Waals surface area contributed by atoms with Crippen LogP contribution in [0.3, 0.4) is 0 Å². The molecule has 1 rings (SSSR count). The maximum atomic E-state index is 11.9. The summed E-state index contributed by atoms with van der Waals surface area (Å²) in [6.07, 6.45) is 4.90. The van der Waals surface area contributed by atoms with Gasteiger partial charge in [-0.25, -0.2) is 0 Å². The molecule has 0 fully saturated rings. The van der Waals surface area contributed by atoms with Gasteiger partial charge in [0.05, 0.1) is 6.54 Å². The van der Waals surface area contributed by atoms with Crippen LogP contribution in [-0.4, -0.2) is 18.9 Å². The van der Waals surface area contributed by atoms with E-state index in [0.29, 0.717) is 12.2 Å². The minimum atomic E-state index is 0.128. The first kappa shape index (κ1) is 15.7. The van der Waals surface area contributed by atoms with Gasteiger partial charge in [0.2, 0.25) is 0 Å². The molecule has 106 valence electrons. The normalized spacial score (nSPS) is 12.3. The van der Waals surface area contributed by atoms with Crippen molar-refractivity contribution in [3.63, 3.8) is 0 Å². The smallest absolute Gasteiger partial charge is 0.176 e. The van der Waals surface area contributed by atoms with E-state index >= 15 is 0 Å². The lowest BCUT2D eigenvalue weighted by molar-refractivity contribution is 0.0990. The van der Waals surface area contributed by atoms with Gasteiger partial charge in [0.1, 0.15) is 0 Å². The van der Waals surface area contributed by atoms with Gasteiger partial charge in [0.15, 0.2) is 5.78 Å². The van der Waals surface area contributed by atoms with E-state index in [4.69, 9.17) is 5.73 Å². The van der Waals surface area contributed by atoms with Gasteiger partial charge in [-0.2, -0.15) is 0 Å². The van der Waals surface area contributed by atoms with E-state index in [0.717, 1.165) is 24.4 Å². The van der Waals surface area contributed by atoms with Crippen LogP contribution in [0.2, 0.25) is 0 Å². The third kappa shape index (κ3) is 5.88. The minimum Gasteiger partial charge on any atom is -0.399 e. The van der Waals surface area contributed by atoms with Crippen LogP contribution in [0.1, 0.15) is 49.9 Å². The Morgan fingerprint density at radius 2 is 1.89 bits per heavy atom. The molecule has 1 aromatic rings. The fourth-order valence-corrected chi connectivity index (χ4v) is 2.24. The lowest BCUT2D eigenvalue weighted by Gasteiger charge is -2.13. The van der Waals surface area contributed by atoms with Crippen LogP contribution in [-0.2, 0) is 0 Å². The zero-order chi connectivity index (χ0) is 14.1. The summed E-state index contributed by atoms with van der Waals surface area (Å²) in [6.45, 7) is 5.78. The summed E-state index contributed by atoms with van der Waals surface area (Å²) < 4.78 is 0. The number of hydrogen-bond donors (Lipinski definition) is 2. The Morgan fingerprint density at radius 1 is 1.21 bits per heavy atom. The summed E-state index contributed by atoms with van der Waals surface area (Å²) in [5.74, 6) is 0.910. The van der Waals surface area contributed by atoms with Gasteiger partial charge < -0.3 is 11.1 Å². The van der Waals surface area contributed by atoms with Crippen LogP contribution < -0.4 is 11.1 Å². The standard InChI is InChI=1S/C16H26N2O/c1-3-5-13(4-2)10-11-18-12-16(19)14-6-8-15(17)9-7-14/h6-9,13,18H,3-5,10-12,17H2,1-2H3. The second-order valence-corrected chi connectivity index (χ2v) is 5.07. The highest BCUT2D eigenvalue weighted by atomic mass is 16.1. The molecular formula is C16H26N2O. The van der Waals surface area contributed by atoms with Crippen molar-refractivity contribution in [1.29, 1.82) is 0 Å². The Balaban J connectivity index is 2.25. The van der Waals surface area contributed by atoms with Crippen LogP contribution in [0, 0.1) is 5.92 Å². The fourth-order valence-electron chi connectivity index (χ4n) is 2.24. The lowest BCUT2D eigenvalue weighted by atomic mass is 9.97. The van der Waals surface area contributed by atoms with E-state index in [-0.39, 0.29) is 5.78 Å². The summed E-state index contributed by atoms with van der Waals surface area (Å²) in [5.41, 5.74) is 7.01. The van der Waals surface area contributed by atoms with Gasteiger partial charge in [-0.05, 0) is 43.1 Å². The summed E-state index contributed by atoms with van der Waals surface area (Å²) in [5, 5.41) is 3.24. The Labute approximate surface area is 116 Å². The number of carbonyl (C=O) groups excluding carboxylic acids is 1. The number of ketones is 1. The van der Waals surface area contributed by atoms with Crippen LogP contribution in [0.4, 0.5) is 5.69 Å². The van der Waals surface area contributed by atoms with Gasteiger partial charge in [-0.1, -0.05) is 33.1 Å². The zero-order valence-electron chi connectivity index (χ0n) is 12.1. The van der Waals surface area contributed by atoms with Crippen molar-refractivity contribution < 1.29 is 4.79 Å². The minimum absolute atomic E-state index is 0.128. The molecule has 0 saturated heterocycles. The predicted molar refractivity (Wildman–Crippen MR) is 81.4 cm³/mol. The third-order valence-corrected chi connectivity index (χ3v) is 3.52. The Kier molecular flexibility index (Phi) is 7.19. The predicted octanol–water partition coefficient (Wildman–Crippen LogP) is 3.26. The molecule has 0 heterocycles. The number of nitrogen functional groups attached to an aromatic ring is 1. The number of benzene rings is 1. The van der Waals surface area contributed by atoms with Gasteiger partial charge >= 0.3 is 0 Å². The van der Waals surface area contributed by atoms with Crippen molar-refractivity contribution in [3.05, 3.63) is 29.8 Å². The largest absolute Gasteiger partial charge is 0.399 e. The Bertz CT molecular complexity index is 373. The molecule has 0 aliphatic heterocycles. The van der Waals surface area contributed by atoms with Crippen molar-refractivity contribution in [2.45, 2.75) is 39.5 Å². The number of hydrogen-bond acceptors (Lipinski definition) is 3. The molecule has 3 heteroatoms. The molecule has 0 radical (unpaired) electrons. The molecule has 19 heavy (non-hydrogen) atoms. The van der Waals surface area contributed by atoms with Crippen molar-refractivity contribution >= 4 is 11.5 Å². The van der Waals surface area contributed by atoms with Crippen molar-refractivity contribution in [2.75, 3.05) is 18.8 Å². The molecule has 1 atom stereocenters. The third-order valence-electron chi connectivity index (χ3n) is 3.52. The molecule has 0 saturated carbocycles. The zero-order valence-corrected chi connectivity index (χ0v) is 12.1. The molecule has 0 bridgehead atoms. The average Bonchev–Trinajstić information content (AvgIpc) is 2.42. The Morgan fingerprint density at radius 3 is 2.47 bits per heavy atom. The van der Waals surface area contributed by atoms with E-state index in [1.165, 1.54) is 19.3 Å². The highest BCUT2D eigenvalue weighted by Gasteiger charge is 2.07. The van der Waals surface area contributed by atoms with Gasteiger partial charge in [-0.3, -0.25) is 4.79 Å². The van der Waals surface area contributed by atoms with Gasteiger partial charge in [-0.15, -0.1) is 0 Å². The summed E-state index contributed by atoms with van der Waals surface area (Å²) in [4.78, 5) is 11.9. The quantitative estimate of drug-likeness (QED) is 0.408. The first-order valence-corrected chi connectivity index (χ1v) is 7.26. The maximum absolute atomic E-state index is 11.9. The van der Waals surface area contributed by atoms with E-state index in [9.17, 15) is 4.79 Å². The summed E-state index contributed by atoms with van der Waals surface area (Å²) >= 11 is 0. The van der Waals surface area contributed by atoms with Crippen molar-refractivity contribution in [3.8, 4) is 0 Å². The number of rotatable bonds is 9.